The highest BCUT2D eigenvalue weighted by Crippen LogP contribution is 2.07. The van der Waals surface area contributed by atoms with Gasteiger partial charge >= 0.3 is 0 Å². The first-order valence-electron chi connectivity index (χ1n) is 6.10. The summed E-state index contributed by atoms with van der Waals surface area (Å²) in [7, 11) is 1.65. The van der Waals surface area contributed by atoms with Gasteiger partial charge in [-0.25, -0.2) is 0 Å². The van der Waals surface area contributed by atoms with Crippen LogP contribution in [0.3, 0.4) is 0 Å². The normalized spacial score (nSPS) is 10.6. The van der Waals surface area contributed by atoms with E-state index < -0.39 is 0 Å². The van der Waals surface area contributed by atoms with Crippen LogP contribution in [-0.4, -0.2) is 19.1 Å². The Kier molecular flexibility index (Phi) is 5.70. The lowest BCUT2D eigenvalue weighted by molar-refractivity contribution is 0.0934. The average molecular weight is 235 g/mol. The molecular weight excluding hydrogens is 214 g/mol. The molecule has 0 aliphatic carbocycles. The lowest BCUT2D eigenvalue weighted by atomic mass is 10.1. The molecule has 0 aliphatic heterocycles. The van der Waals surface area contributed by atoms with Crippen LogP contribution < -0.4 is 5.32 Å². The minimum absolute atomic E-state index is 0.00310. The zero-order valence-corrected chi connectivity index (χ0v) is 10.8. The monoisotopic (exact) mass is 235 g/mol. The van der Waals surface area contributed by atoms with E-state index in [0.29, 0.717) is 12.2 Å². The molecule has 0 heterocycles. The van der Waals surface area contributed by atoms with Crippen LogP contribution in [-0.2, 0) is 11.3 Å². The SMILES string of the molecule is CCC(CC)NC(=O)c1cccc(COC)c1. The standard InChI is InChI=1S/C14H21NO2/c1-4-13(5-2)15-14(16)12-8-6-7-11(9-12)10-17-3/h6-9,13H,4-5,10H2,1-3H3,(H,15,16). The van der Waals surface area contributed by atoms with Crippen LogP contribution in [0, 0.1) is 0 Å². The van der Waals surface area contributed by atoms with E-state index in [2.05, 4.69) is 19.2 Å². The lowest BCUT2D eigenvalue weighted by Gasteiger charge is -2.15. The Morgan fingerprint density at radius 3 is 2.65 bits per heavy atom. The molecule has 0 spiro atoms. The molecule has 3 nitrogen and oxygen atoms in total. The maximum absolute atomic E-state index is 12.0. The van der Waals surface area contributed by atoms with Gasteiger partial charge < -0.3 is 10.1 Å². The van der Waals surface area contributed by atoms with Crippen molar-refractivity contribution in [2.45, 2.75) is 39.3 Å². The van der Waals surface area contributed by atoms with Gasteiger partial charge in [-0.2, -0.15) is 0 Å². The summed E-state index contributed by atoms with van der Waals surface area (Å²) in [6.07, 6.45) is 1.92. The lowest BCUT2D eigenvalue weighted by Crippen LogP contribution is -2.33. The summed E-state index contributed by atoms with van der Waals surface area (Å²) in [5.41, 5.74) is 1.72. The van der Waals surface area contributed by atoms with Crippen molar-refractivity contribution in [3.63, 3.8) is 0 Å². The fraction of sp³-hybridized carbons (Fsp3) is 0.500. The summed E-state index contributed by atoms with van der Waals surface area (Å²) in [6.45, 7) is 4.69. The fourth-order valence-corrected chi connectivity index (χ4v) is 1.73. The molecule has 1 amide bonds. The van der Waals surface area contributed by atoms with Gasteiger partial charge in [0.25, 0.3) is 5.91 Å². The predicted molar refractivity (Wildman–Crippen MR) is 69.0 cm³/mol. The van der Waals surface area contributed by atoms with Gasteiger partial charge in [0.15, 0.2) is 0 Å². The van der Waals surface area contributed by atoms with Crippen molar-refractivity contribution >= 4 is 5.91 Å². The van der Waals surface area contributed by atoms with Gasteiger partial charge in [0.1, 0.15) is 0 Å². The molecule has 17 heavy (non-hydrogen) atoms. The predicted octanol–water partition coefficient (Wildman–Crippen LogP) is 2.75. The number of ether oxygens (including phenoxy) is 1. The van der Waals surface area contributed by atoms with Crippen LogP contribution in [0.1, 0.15) is 42.6 Å². The van der Waals surface area contributed by atoms with Crippen LogP contribution in [0.15, 0.2) is 24.3 Å². The summed E-state index contributed by atoms with van der Waals surface area (Å²) in [6, 6.07) is 7.81. The van der Waals surface area contributed by atoms with Gasteiger partial charge in [0.2, 0.25) is 0 Å². The Morgan fingerprint density at radius 1 is 1.35 bits per heavy atom. The third-order valence-electron chi connectivity index (χ3n) is 2.82. The van der Waals surface area contributed by atoms with Crippen LogP contribution >= 0.6 is 0 Å². The first kappa shape index (κ1) is 13.7. The van der Waals surface area contributed by atoms with E-state index in [1.807, 2.05) is 24.3 Å². The number of hydrogen-bond acceptors (Lipinski definition) is 2. The van der Waals surface area contributed by atoms with Crippen LogP contribution in [0.25, 0.3) is 0 Å². The Balaban J connectivity index is 2.71. The number of methoxy groups -OCH3 is 1. The number of hydrogen-bond donors (Lipinski definition) is 1. The molecule has 94 valence electrons. The molecule has 0 saturated heterocycles. The molecule has 1 rings (SSSR count). The van der Waals surface area contributed by atoms with Crippen molar-refractivity contribution in [2.24, 2.45) is 0 Å². The second kappa shape index (κ2) is 7.07. The van der Waals surface area contributed by atoms with E-state index in [9.17, 15) is 4.79 Å². The van der Waals surface area contributed by atoms with Gasteiger partial charge in [0.05, 0.1) is 6.61 Å². The van der Waals surface area contributed by atoms with Crippen molar-refractivity contribution < 1.29 is 9.53 Å². The third-order valence-corrected chi connectivity index (χ3v) is 2.82. The molecule has 0 bridgehead atoms. The Labute approximate surface area is 103 Å². The molecule has 1 aromatic rings. The molecule has 0 radical (unpaired) electrons. The molecule has 0 atom stereocenters. The summed E-state index contributed by atoms with van der Waals surface area (Å²) in [5.74, 6) is -0.00310. The molecule has 1 aromatic carbocycles. The number of nitrogens with one attached hydrogen (secondary N) is 1. The molecular formula is C14H21NO2. The van der Waals surface area contributed by atoms with Gasteiger partial charge in [-0.1, -0.05) is 26.0 Å². The third kappa shape index (κ3) is 4.19. The number of benzene rings is 1. The topological polar surface area (TPSA) is 38.3 Å². The highest BCUT2D eigenvalue weighted by atomic mass is 16.5. The second-order valence-electron chi connectivity index (χ2n) is 4.12. The maximum atomic E-state index is 12.0. The summed E-state index contributed by atoms with van der Waals surface area (Å²) < 4.78 is 5.05. The zero-order chi connectivity index (χ0) is 12.7. The second-order valence-corrected chi connectivity index (χ2v) is 4.12. The summed E-state index contributed by atoms with van der Waals surface area (Å²) >= 11 is 0. The van der Waals surface area contributed by atoms with E-state index in [1.165, 1.54) is 0 Å². The Bertz CT molecular complexity index is 359. The molecule has 0 aromatic heterocycles. The zero-order valence-electron chi connectivity index (χ0n) is 10.8. The molecule has 1 N–H and O–H groups in total. The Morgan fingerprint density at radius 2 is 2.06 bits per heavy atom. The first-order chi connectivity index (χ1) is 8.21. The number of carbonyl (C=O) groups is 1. The van der Waals surface area contributed by atoms with Gasteiger partial charge in [-0.3, -0.25) is 4.79 Å². The highest BCUT2D eigenvalue weighted by molar-refractivity contribution is 5.94. The van der Waals surface area contributed by atoms with Gasteiger partial charge in [0, 0.05) is 18.7 Å². The summed E-state index contributed by atoms with van der Waals surface area (Å²) in [4.78, 5) is 12.0. The molecule has 0 saturated carbocycles. The number of rotatable bonds is 6. The first-order valence-corrected chi connectivity index (χ1v) is 6.10. The van der Waals surface area contributed by atoms with Crippen molar-refractivity contribution in [1.82, 2.24) is 5.32 Å². The largest absolute Gasteiger partial charge is 0.380 e. The minimum Gasteiger partial charge on any atom is -0.380 e. The van der Waals surface area contributed by atoms with Gasteiger partial charge in [-0.15, -0.1) is 0 Å². The highest BCUT2D eigenvalue weighted by Gasteiger charge is 2.10. The van der Waals surface area contributed by atoms with E-state index in [4.69, 9.17) is 4.74 Å². The molecule has 0 unspecified atom stereocenters. The summed E-state index contributed by atoms with van der Waals surface area (Å²) in [5, 5.41) is 3.02. The molecule has 0 aliphatic rings. The molecule has 0 fully saturated rings. The molecule has 3 heteroatoms. The van der Waals surface area contributed by atoms with Crippen molar-refractivity contribution in [1.29, 1.82) is 0 Å². The quantitative estimate of drug-likeness (QED) is 0.823. The average Bonchev–Trinajstić information content (AvgIpc) is 2.36. The van der Waals surface area contributed by atoms with Crippen LogP contribution in [0.5, 0.6) is 0 Å². The number of carbonyl (C=O) groups excluding carboxylic acids is 1. The smallest absolute Gasteiger partial charge is 0.251 e. The van der Waals surface area contributed by atoms with E-state index in [-0.39, 0.29) is 11.9 Å². The van der Waals surface area contributed by atoms with E-state index in [1.54, 1.807) is 7.11 Å². The van der Waals surface area contributed by atoms with Crippen LogP contribution in [0.2, 0.25) is 0 Å². The van der Waals surface area contributed by atoms with Crippen LogP contribution in [0.4, 0.5) is 0 Å². The van der Waals surface area contributed by atoms with Gasteiger partial charge in [-0.05, 0) is 30.5 Å². The Hall–Kier alpha value is -1.35. The van der Waals surface area contributed by atoms with Crippen molar-refractivity contribution in [2.75, 3.05) is 7.11 Å². The maximum Gasteiger partial charge on any atom is 0.251 e. The van der Waals surface area contributed by atoms with E-state index in [0.717, 1.165) is 18.4 Å². The fourth-order valence-electron chi connectivity index (χ4n) is 1.73. The minimum atomic E-state index is -0.00310. The number of amides is 1. The van der Waals surface area contributed by atoms with E-state index >= 15 is 0 Å². The van der Waals surface area contributed by atoms with Crippen molar-refractivity contribution in [3.05, 3.63) is 35.4 Å². The van der Waals surface area contributed by atoms with Crippen molar-refractivity contribution in [3.8, 4) is 0 Å².